The average Bonchev–Trinajstić information content (AvgIpc) is 3.03. The van der Waals surface area contributed by atoms with E-state index < -0.39 is 59.8 Å². The number of phosphoric acid groups is 3. The minimum atomic E-state index is -5.70. The van der Waals surface area contributed by atoms with Gasteiger partial charge in [-0.15, -0.1) is 6.58 Å². The molecule has 5 atom stereocenters. The monoisotopic (exact) mass is 538 g/mol. The van der Waals surface area contributed by atoms with E-state index in [2.05, 4.69) is 24.7 Å². The summed E-state index contributed by atoms with van der Waals surface area (Å²) < 4.78 is 52.5. The number of nitrogens with one attached hydrogen (secondary N) is 1. The van der Waals surface area contributed by atoms with E-state index in [0.29, 0.717) is 0 Å². The Labute approximate surface area is 184 Å². The largest absolute Gasteiger partial charge is 0.490 e. The predicted molar refractivity (Wildman–Crippen MR) is 105 cm³/mol. The van der Waals surface area contributed by atoms with Gasteiger partial charge in [0, 0.05) is 18.2 Å². The number of hydrogen-bond acceptors (Lipinski definition) is 11. The molecule has 3 unspecified atom stereocenters. The molecule has 0 spiro atoms. The summed E-state index contributed by atoms with van der Waals surface area (Å²) in [5, 5.41) is 0. The summed E-state index contributed by atoms with van der Waals surface area (Å²) in [6.07, 6.45) is -0.764. The summed E-state index contributed by atoms with van der Waals surface area (Å²) in [6, 6.07) is 0. The molecule has 33 heavy (non-hydrogen) atoms. The van der Waals surface area contributed by atoms with Crippen LogP contribution in [-0.2, 0) is 41.4 Å². The number of H-pyrrole nitrogens is 1. The van der Waals surface area contributed by atoms with Gasteiger partial charge in [-0.3, -0.25) is 18.9 Å². The van der Waals surface area contributed by atoms with Crippen LogP contribution in [-0.4, -0.2) is 54.5 Å². The van der Waals surface area contributed by atoms with Gasteiger partial charge in [0.25, 0.3) is 5.56 Å². The highest BCUT2D eigenvalue weighted by Crippen LogP contribution is 2.66. The third kappa shape index (κ3) is 8.77. The van der Waals surface area contributed by atoms with Crippen molar-refractivity contribution in [3.8, 4) is 0 Å². The van der Waals surface area contributed by atoms with Gasteiger partial charge < -0.3 is 24.3 Å². The highest BCUT2D eigenvalue weighted by Gasteiger charge is 2.44. The summed E-state index contributed by atoms with van der Waals surface area (Å²) >= 11 is 0. The van der Waals surface area contributed by atoms with E-state index in [1.807, 2.05) is 0 Å². The molecule has 0 bridgehead atoms. The molecule has 0 amide bonds. The van der Waals surface area contributed by atoms with Crippen molar-refractivity contribution in [1.29, 1.82) is 0 Å². The first-order valence-electron chi connectivity index (χ1n) is 8.77. The van der Waals surface area contributed by atoms with E-state index in [1.54, 1.807) is 0 Å². The smallest absolute Gasteiger partial charge is 0.349 e. The minimum Gasteiger partial charge on any atom is -0.349 e. The zero-order chi connectivity index (χ0) is 25.0. The number of aromatic nitrogens is 2. The van der Waals surface area contributed by atoms with Crippen molar-refractivity contribution in [2.45, 2.75) is 31.8 Å². The van der Waals surface area contributed by atoms with Crippen LogP contribution in [0.2, 0.25) is 0 Å². The third-order valence-corrected chi connectivity index (χ3v) is 7.63. The Morgan fingerprint density at radius 2 is 1.88 bits per heavy atom. The van der Waals surface area contributed by atoms with Gasteiger partial charge in [0.05, 0.1) is 6.61 Å². The van der Waals surface area contributed by atoms with E-state index >= 15 is 0 Å². The van der Waals surface area contributed by atoms with Crippen LogP contribution >= 0.6 is 23.5 Å². The lowest BCUT2D eigenvalue weighted by molar-refractivity contribution is -0.324. The molecule has 1 aromatic rings. The molecule has 20 heteroatoms. The lowest BCUT2D eigenvalue weighted by Gasteiger charge is -2.20. The Bertz CT molecular complexity index is 1110. The lowest BCUT2D eigenvalue weighted by Crippen LogP contribution is -2.33. The first-order chi connectivity index (χ1) is 15.1. The molecule has 5 N–H and O–H groups in total. The zero-order valence-corrected chi connectivity index (χ0v) is 19.5. The van der Waals surface area contributed by atoms with Gasteiger partial charge in [0.1, 0.15) is 25.0 Å². The summed E-state index contributed by atoms with van der Waals surface area (Å²) in [5.41, 5.74) is -1.23. The van der Waals surface area contributed by atoms with Gasteiger partial charge in [0.2, 0.25) is 0 Å². The van der Waals surface area contributed by atoms with E-state index in [4.69, 9.17) is 24.3 Å². The van der Waals surface area contributed by atoms with Gasteiger partial charge in [-0.25, -0.2) is 28.3 Å². The van der Waals surface area contributed by atoms with Crippen molar-refractivity contribution in [3.63, 3.8) is 0 Å². The van der Waals surface area contributed by atoms with E-state index in [1.165, 1.54) is 19.2 Å². The molecule has 188 valence electrons. The van der Waals surface area contributed by atoms with Crippen molar-refractivity contribution in [2.24, 2.45) is 0 Å². The van der Waals surface area contributed by atoms with Crippen LogP contribution in [0.15, 0.2) is 28.4 Å². The standard InChI is InChI=1S/C13H21N2O15P3/c1-3-4-25-28-9-5-11(15-6-8(2)12(16)14-13(15)17)27-10(9)7-26-32(21,22)30-33(23,24)29-31(18,19)20/h3,6,9-11H,1,4-5,7H2,2H3,(H,21,22)(H,23,24)(H,14,16,17)(H2,18,19,20)/t9?,10-,11-/m1/s1. The summed E-state index contributed by atoms with van der Waals surface area (Å²) in [7, 11) is -16.7. The SMILES string of the molecule is C=CCOOC1C[C@H](n2cc(C)c(=O)[nH]c2=O)O[C@@H]1COP(=O)(O)OP(=O)(O)OP(=O)(O)O. The molecule has 1 saturated heterocycles. The second-order valence-corrected chi connectivity index (χ2v) is 10.9. The predicted octanol–water partition coefficient (Wildman–Crippen LogP) is -0.0214. The molecule has 0 radical (unpaired) electrons. The Morgan fingerprint density at radius 1 is 1.21 bits per heavy atom. The van der Waals surface area contributed by atoms with Crippen molar-refractivity contribution in [1.82, 2.24) is 9.55 Å². The van der Waals surface area contributed by atoms with E-state index in [9.17, 15) is 33.1 Å². The second-order valence-electron chi connectivity index (χ2n) is 6.44. The van der Waals surface area contributed by atoms with Gasteiger partial charge >= 0.3 is 29.2 Å². The normalized spacial score (nSPS) is 24.8. The molecule has 2 heterocycles. The maximum absolute atomic E-state index is 12.1. The van der Waals surface area contributed by atoms with Crippen molar-refractivity contribution in [3.05, 3.63) is 45.3 Å². The first-order valence-corrected chi connectivity index (χ1v) is 13.3. The molecule has 1 aliphatic rings. The fourth-order valence-corrected chi connectivity index (χ4v) is 5.60. The fraction of sp³-hybridized carbons (Fsp3) is 0.538. The number of hydrogen-bond donors (Lipinski definition) is 5. The van der Waals surface area contributed by atoms with E-state index in [0.717, 1.165) is 4.57 Å². The van der Waals surface area contributed by atoms with Crippen LogP contribution in [0.1, 0.15) is 18.2 Å². The number of aryl methyl sites for hydroxylation is 1. The molecule has 1 aliphatic heterocycles. The summed E-state index contributed by atoms with van der Waals surface area (Å²) in [4.78, 5) is 71.6. The molecule has 1 fully saturated rings. The highest BCUT2D eigenvalue weighted by molar-refractivity contribution is 7.66. The lowest BCUT2D eigenvalue weighted by atomic mass is 10.2. The van der Waals surface area contributed by atoms with Crippen LogP contribution in [0.3, 0.4) is 0 Å². The van der Waals surface area contributed by atoms with Gasteiger partial charge in [-0.1, -0.05) is 6.08 Å². The Hall–Kier alpha value is -1.29. The third-order valence-electron chi connectivity index (χ3n) is 3.83. The molecular weight excluding hydrogens is 517 g/mol. The number of rotatable bonds is 12. The van der Waals surface area contributed by atoms with Gasteiger partial charge in [-0.05, 0) is 6.92 Å². The molecule has 0 aromatic carbocycles. The summed E-state index contributed by atoms with van der Waals surface area (Å²) in [6.45, 7) is 3.97. The average molecular weight is 538 g/mol. The zero-order valence-electron chi connectivity index (χ0n) is 16.8. The van der Waals surface area contributed by atoms with Crippen molar-refractivity contribution < 1.29 is 60.9 Å². The molecule has 0 aliphatic carbocycles. The fourth-order valence-electron chi connectivity index (χ4n) is 2.57. The highest BCUT2D eigenvalue weighted by atomic mass is 31.3. The number of aromatic amines is 1. The number of phosphoric ester groups is 1. The molecule has 0 saturated carbocycles. The number of ether oxygens (including phenoxy) is 1. The maximum Gasteiger partial charge on any atom is 0.490 e. The molecular formula is C13H21N2O15P3. The van der Waals surface area contributed by atoms with Crippen LogP contribution in [0.5, 0.6) is 0 Å². The molecule has 17 nitrogen and oxygen atoms in total. The van der Waals surface area contributed by atoms with Crippen molar-refractivity contribution in [2.75, 3.05) is 13.2 Å². The Balaban J connectivity index is 2.14. The first kappa shape index (κ1) is 28.0. The van der Waals surface area contributed by atoms with Crippen LogP contribution in [0.4, 0.5) is 0 Å². The van der Waals surface area contributed by atoms with Crippen molar-refractivity contribution >= 4 is 23.5 Å². The van der Waals surface area contributed by atoms with Gasteiger partial charge in [0.15, 0.2) is 0 Å². The Kier molecular flexibility index (Phi) is 9.29. The quantitative estimate of drug-likeness (QED) is 0.0772. The second kappa shape index (κ2) is 11.0. The van der Waals surface area contributed by atoms with Crippen LogP contribution < -0.4 is 11.2 Å². The Morgan fingerprint density at radius 3 is 2.48 bits per heavy atom. The van der Waals surface area contributed by atoms with Crippen LogP contribution in [0, 0.1) is 6.92 Å². The van der Waals surface area contributed by atoms with Crippen LogP contribution in [0.25, 0.3) is 0 Å². The molecule has 2 rings (SSSR count). The number of nitrogens with zero attached hydrogens (tertiary/aromatic N) is 1. The minimum absolute atomic E-state index is 0.0541. The van der Waals surface area contributed by atoms with E-state index in [-0.39, 0.29) is 18.6 Å². The molecule has 1 aromatic heterocycles. The topological polar surface area (TPSA) is 242 Å². The van der Waals surface area contributed by atoms with Gasteiger partial charge in [-0.2, -0.15) is 8.62 Å². The maximum atomic E-state index is 12.1. The summed E-state index contributed by atoms with van der Waals surface area (Å²) in [5.74, 6) is 0.